The number of ketones is 1. The van der Waals surface area contributed by atoms with Gasteiger partial charge in [0.15, 0.2) is 5.78 Å². The van der Waals surface area contributed by atoms with Crippen molar-refractivity contribution in [2.45, 2.75) is 37.2 Å². The minimum Gasteiger partial charge on any atom is -0.384 e. The fraction of sp³-hybridized carbons (Fsp3) is 0.438. The molecule has 0 saturated carbocycles. The summed E-state index contributed by atoms with van der Waals surface area (Å²) in [6, 6.07) is 7.48. The van der Waals surface area contributed by atoms with Gasteiger partial charge in [-0.2, -0.15) is 0 Å². The Kier molecular flexibility index (Phi) is 4.55. The number of aliphatic hydroxyl groups is 1. The van der Waals surface area contributed by atoms with E-state index in [1.54, 1.807) is 0 Å². The van der Waals surface area contributed by atoms with Crippen molar-refractivity contribution in [3.05, 3.63) is 42.0 Å². The normalized spacial score (nSPS) is 27.6. The van der Waals surface area contributed by atoms with E-state index in [2.05, 4.69) is 0 Å². The Balaban J connectivity index is 2.18. The number of hydrogen-bond acceptors (Lipinski definition) is 3. The van der Waals surface area contributed by atoms with Gasteiger partial charge in [-0.15, -0.1) is 0 Å². The fourth-order valence-electron chi connectivity index (χ4n) is 2.51. The Labute approximate surface area is 122 Å². The number of carbonyl (C=O) groups excluding carboxylic acids is 1. The lowest BCUT2D eigenvalue weighted by Crippen LogP contribution is -2.44. The molecule has 1 N–H and O–H groups in total. The van der Waals surface area contributed by atoms with Gasteiger partial charge in [0.2, 0.25) is 0 Å². The molecule has 1 aromatic carbocycles. The number of benzene rings is 1. The monoisotopic (exact) mass is 292 g/mol. The Bertz CT molecular complexity index is 547. The lowest BCUT2D eigenvalue weighted by atomic mass is 9.79. The van der Waals surface area contributed by atoms with Gasteiger partial charge in [-0.3, -0.25) is 9.00 Å². The number of carbonyl (C=O) groups is 1. The van der Waals surface area contributed by atoms with Crippen LogP contribution >= 0.6 is 0 Å². The number of aryl methyl sites for hydroxylation is 1. The Hall–Kier alpha value is -1.26. The van der Waals surface area contributed by atoms with Crippen LogP contribution in [0, 0.1) is 12.8 Å². The first-order chi connectivity index (χ1) is 9.44. The molecule has 4 heteroatoms. The van der Waals surface area contributed by atoms with Crippen LogP contribution in [0.2, 0.25) is 0 Å². The van der Waals surface area contributed by atoms with Crippen molar-refractivity contribution in [3.8, 4) is 0 Å². The first-order valence-electron chi connectivity index (χ1n) is 6.84. The van der Waals surface area contributed by atoms with Crippen LogP contribution in [0.5, 0.6) is 0 Å². The van der Waals surface area contributed by atoms with Gasteiger partial charge in [0, 0.05) is 11.3 Å². The SMILES string of the molecule is CC[C@H]1CC(=O)C=C[C@]1(O)C[S@@](=O)c1ccc(C)cc1. The van der Waals surface area contributed by atoms with E-state index in [0.717, 1.165) is 5.56 Å². The van der Waals surface area contributed by atoms with Gasteiger partial charge in [0.1, 0.15) is 0 Å². The van der Waals surface area contributed by atoms with Crippen molar-refractivity contribution in [2.24, 2.45) is 5.92 Å². The van der Waals surface area contributed by atoms with Crippen LogP contribution in [0.3, 0.4) is 0 Å². The van der Waals surface area contributed by atoms with Gasteiger partial charge in [0.05, 0.1) is 22.2 Å². The second-order valence-electron chi connectivity index (χ2n) is 5.40. The van der Waals surface area contributed by atoms with E-state index in [1.165, 1.54) is 12.2 Å². The molecule has 2 rings (SSSR count). The summed E-state index contributed by atoms with van der Waals surface area (Å²) < 4.78 is 12.4. The van der Waals surface area contributed by atoms with Crippen LogP contribution in [-0.2, 0) is 15.6 Å². The molecule has 0 amide bonds. The first kappa shape index (κ1) is 15.1. The maximum absolute atomic E-state index is 12.4. The number of allylic oxidation sites excluding steroid dienone is 1. The van der Waals surface area contributed by atoms with E-state index in [4.69, 9.17) is 0 Å². The van der Waals surface area contributed by atoms with Gasteiger partial charge >= 0.3 is 0 Å². The zero-order valence-corrected chi connectivity index (χ0v) is 12.7. The van der Waals surface area contributed by atoms with Crippen molar-refractivity contribution in [1.29, 1.82) is 0 Å². The summed E-state index contributed by atoms with van der Waals surface area (Å²) >= 11 is 0. The molecular formula is C16H20O3S. The molecule has 3 atom stereocenters. The minimum atomic E-state index is -1.27. The van der Waals surface area contributed by atoms with Crippen molar-refractivity contribution >= 4 is 16.6 Å². The molecule has 0 spiro atoms. The molecule has 1 aromatic rings. The van der Waals surface area contributed by atoms with E-state index in [1.807, 2.05) is 38.1 Å². The molecule has 0 bridgehead atoms. The molecule has 0 aliphatic heterocycles. The van der Waals surface area contributed by atoms with E-state index < -0.39 is 16.4 Å². The third kappa shape index (κ3) is 3.25. The molecule has 0 aromatic heterocycles. The van der Waals surface area contributed by atoms with Gasteiger partial charge in [-0.05, 0) is 43.5 Å². The second kappa shape index (κ2) is 6.02. The highest BCUT2D eigenvalue weighted by molar-refractivity contribution is 7.85. The first-order valence-corrected chi connectivity index (χ1v) is 8.16. The van der Waals surface area contributed by atoms with Gasteiger partial charge < -0.3 is 5.11 Å². The van der Waals surface area contributed by atoms with E-state index in [0.29, 0.717) is 17.7 Å². The highest BCUT2D eigenvalue weighted by Gasteiger charge is 2.38. The molecule has 0 radical (unpaired) electrons. The van der Waals surface area contributed by atoms with Crippen LogP contribution in [0.1, 0.15) is 25.3 Å². The molecule has 0 heterocycles. The summed E-state index contributed by atoms with van der Waals surface area (Å²) in [6.45, 7) is 3.92. The van der Waals surface area contributed by atoms with Crippen LogP contribution in [0.15, 0.2) is 41.3 Å². The average molecular weight is 292 g/mol. The zero-order chi connectivity index (χ0) is 14.8. The van der Waals surface area contributed by atoms with E-state index >= 15 is 0 Å². The molecule has 3 nitrogen and oxygen atoms in total. The van der Waals surface area contributed by atoms with Crippen molar-refractivity contribution in [2.75, 3.05) is 5.75 Å². The summed E-state index contributed by atoms with van der Waals surface area (Å²) in [5, 5.41) is 10.7. The topological polar surface area (TPSA) is 54.4 Å². The van der Waals surface area contributed by atoms with Crippen LogP contribution in [0.4, 0.5) is 0 Å². The summed E-state index contributed by atoms with van der Waals surface area (Å²) in [5.74, 6) is 0.00951. The second-order valence-corrected chi connectivity index (χ2v) is 6.85. The average Bonchev–Trinajstić information content (AvgIpc) is 2.42. The van der Waals surface area contributed by atoms with E-state index in [-0.39, 0.29) is 17.5 Å². The lowest BCUT2D eigenvalue weighted by Gasteiger charge is -2.34. The molecule has 20 heavy (non-hydrogen) atoms. The molecular weight excluding hydrogens is 272 g/mol. The highest BCUT2D eigenvalue weighted by Crippen LogP contribution is 2.31. The highest BCUT2D eigenvalue weighted by atomic mass is 32.2. The molecule has 1 aliphatic rings. The Morgan fingerprint density at radius 3 is 2.60 bits per heavy atom. The van der Waals surface area contributed by atoms with Gasteiger partial charge in [0.25, 0.3) is 0 Å². The maximum Gasteiger partial charge on any atom is 0.155 e. The molecule has 1 aliphatic carbocycles. The lowest BCUT2D eigenvalue weighted by molar-refractivity contribution is -0.118. The van der Waals surface area contributed by atoms with Gasteiger partial charge in [-0.25, -0.2) is 0 Å². The number of hydrogen-bond donors (Lipinski definition) is 1. The molecule has 0 unspecified atom stereocenters. The third-order valence-corrected chi connectivity index (χ3v) is 5.37. The predicted octanol–water partition coefficient (Wildman–Crippen LogP) is 2.39. The summed E-state index contributed by atoms with van der Waals surface area (Å²) in [6.07, 6.45) is 3.96. The Morgan fingerprint density at radius 1 is 1.35 bits per heavy atom. The molecule has 0 fully saturated rings. The fourth-order valence-corrected chi connectivity index (χ4v) is 3.87. The smallest absolute Gasteiger partial charge is 0.155 e. The van der Waals surface area contributed by atoms with Crippen molar-refractivity contribution in [1.82, 2.24) is 0 Å². The summed E-state index contributed by atoms with van der Waals surface area (Å²) in [4.78, 5) is 12.2. The standard InChI is InChI=1S/C16H20O3S/c1-3-13-10-14(17)8-9-16(13,18)11-20(19)15-6-4-12(2)5-7-15/h4-9,13,18H,3,10-11H2,1-2H3/t13-,16-,20+/m0/s1. The molecule has 108 valence electrons. The third-order valence-electron chi connectivity index (χ3n) is 3.85. The number of rotatable bonds is 4. The maximum atomic E-state index is 12.4. The summed E-state index contributed by atoms with van der Waals surface area (Å²) in [5.41, 5.74) is -0.0441. The molecule has 0 saturated heterocycles. The van der Waals surface area contributed by atoms with Crippen LogP contribution < -0.4 is 0 Å². The minimum absolute atomic E-state index is 0.0302. The van der Waals surface area contributed by atoms with Crippen molar-refractivity contribution in [3.63, 3.8) is 0 Å². The van der Waals surface area contributed by atoms with Crippen molar-refractivity contribution < 1.29 is 14.1 Å². The van der Waals surface area contributed by atoms with Gasteiger partial charge in [-0.1, -0.05) is 24.6 Å². The largest absolute Gasteiger partial charge is 0.384 e. The van der Waals surface area contributed by atoms with Crippen LogP contribution in [0.25, 0.3) is 0 Å². The summed E-state index contributed by atoms with van der Waals surface area (Å²) in [7, 11) is -1.27. The predicted molar refractivity (Wildman–Crippen MR) is 79.9 cm³/mol. The van der Waals surface area contributed by atoms with E-state index in [9.17, 15) is 14.1 Å². The Morgan fingerprint density at radius 2 is 2.00 bits per heavy atom. The quantitative estimate of drug-likeness (QED) is 0.927. The zero-order valence-electron chi connectivity index (χ0n) is 11.8. The van der Waals surface area contributed by atoms with Crippen LogP contribution in [-0.4, -0.2) is 26.5 Å².